The molecule has 0 saturated carbocycles. The van der Waals surface area contributed by atoms with Crippen LogP contribution in [0.3, 0.4) is 0 Å². The summed E-state index contributed by atoms with van der Waals surface area (Å²) in [6.07, 6.45) is -0.863. The molecule has 1 aliphatic rings. The van der Waals surface area contributed by atoms with Gasteiger partial charge in [-0.3, -0.25) is 9.69 Å². The minimum atomic E-state index is -0.927. The van der Waals surface area contributed by atoms with E-state index in [1.165, 1.54) is 0 Å². The number of urea groups is 1. The number of nitrogens with one attached hydrogen (secondary N) is 1. The minimum absolute atomic E-state index is 0.0328. The SMILES string of the molecule is CC1(C)NC(=O)N(C[C@H](O)Cn2c3ccccc3c3ccccc32)C1=O. The molecule has 3 amide bonds. The van der Waals surface area contributed by atoms with Gasteiger partial charge in [-0.15, -0.1) is 0 Å². The average Bonchev–Trinajstić information content (AvgIpc) is 3.02. The number of hydrogen-bond acceptors (Lipinski definition) is 3. The van der Waals surface area contributed by atoms with Gasteiger partial charge in [0.25, 0.3) is 5.91 Å². The number of fused-ring (bicyclic) bond motifs is 3. The van der Waals surface area contributed by atoms with Crippen LogP contribution >= 0.6 is 0 Å². The molecule has 6 heteroatoms. The molecule has 1 aromatic heterocycles. The molecule has 4 rings (SSSR count). The second kappa shape index (κ2) is 5.85. The van der Waals surface area contributed by atoms with Crippen molar-refractivity contribution in [3.63, 3.8) is 0 Å². The van der Waals surface area contributed by atoms with Crippen molar-refractivity contribution in [2.75, 3.05) is 6.54 Å². The number of hydrogen-bond donors (Lipinski definition) is 2. The molecule has 1 aliphatic heterocycles. The Balaban J connectivity index is 1.65. The molecule has 6 nitrogen and oxygen atoms in total. The number of nitrogens with zero attached hydrogens (tertiary/aromatic N) is 2. The number of carbonyl (C=O) groups is 2. The molecule has 2 heterocycles. The van der Waals surface area contributed by atoms with E-state index in [0.717, 1.165) is 26.7 Å². The third kappa shape index (κ3) is 2.54. The smallest absolute Gasteiger partial charge is 0.325 e. The lowest BCUT2D eigenvalue weighted by molar-refractivity contribution is -0.131. The predicted molar refractivity (Wildman–Crippen MR) is 99.8 cm³/mol. The van der Waals surface area contributed by atoms with E-state index in [9.17, 15) is 14.7 Å². The highest BCUT2D eigenvalue weighted by atomic mass is 16.3. The summed E-state index contributed by atoms with van der Waals surface area (Å²) in [5.74, 6) is -0.316. The number of amides is 3. The Labute approximate surface area is 151 Å². The molecule has 26 heavy (non-hydrogen) atoms. The van der Waals surface area contributed by atoms with Crippen LogP contribution in [0.25, 0.3) is 21.8 Å². The standard InChI is InChI=1S/C20H21N3O3/c1-20(2)18(25)23(19(26)21-20)12-13(24)11-22-16-9-5-3-7-14(16)15-8-4-6-10-17(15)22/h3-10,13,24H,11-12H2,1-2H3,(H,21,26)/t13-/m1/s1. The number of benzene rings is 2. The Kier molecular flexibility index (Phi) is 3.73. The number of β-amino-alcohol motifs (C(OH)–C–C–N with tert-alkyl or cyclic N) is 1. The zero-order valence-electron chi connectivity index (χ0n) is 14.8. The zero-order valence-corrected chi connectivity index (χ0v) is 14.8. The Morgan fingerprint density at radius 3 is 2.00 bits per heavy atom. The van der Waals surface area contributed by atoms with Crippen molar-refractivity contribution in [1.29, 1.82) is 0 Å². The normalized spacial score (nSPS) is 17.9. The van der Waals surface area contributed by atoms with Crippen molar-refractivity contribution in [3.05, 3.63) is 48.5 Å². The van der Waals surface area contributed by atoms with Crippen LogP contribution in [0.2, 0.25) is 0 Å². The van der Waals surface area contributed by atoms with Gasteiger partial charge in [0.2, 0.25) is 0 Å². The maximum Gasteiger partial charge on any atom is 0.325 e. The molecule has 2 aromatic carbocycles. The fourth-order valence-corrected chi connectivity index (χ4v) is 3.66. The number of para-hydroxylation sites is 2. The maximum atomic E-state index is 12.3. The number of rotatable bonds is 4. The highest BCUT2D eigenvalue weighted by Crippen LogP contribution is 2.29. The van der Waals surface area contributed by atoms with Gasteiger partial charge in [-0.05, 0) is 26.0 Å². The van der Waals surface area contributed by atoms with Gasteiger partial charge in [0.15, 0.2) is 0 Å². The Bertz CT molecular complexity index is 968. The molecule has 134 valence electrons. The quantitative estimate of drug-likeness (QED) is 0.709. The monoisotopic (exact) mass is 351 g/mol. The molecule has 0 unspecified atom stereocenters. The van der Waals surface area contributed by atoms with Crippen molar-refractivity contribution in [2.24, 2.45) is 0 Å². The molecule has 1 fully saturated rings. The number of imide groups is 1. The van der Waals surface area contributed by atoms with Gasteiger partial charge in [-0.1, -0.05) is 36.4 Å². The van der Waals surface area contributed by atoms with Crippen LogP contribution in [0.15, 0.2) is 48.5 Å². The largest absolute Gasteiger partial charge is 0.389 e. The number of carbonyl (C=O) groups excluding carboxylic acids is 2. The zero-order chi connectivity index (χ0) is 18.5. The summed E-state index contributed by atoms with van der Waals surface area (Å²) in [5.41, 5.74) is 1.11. The van der Waals surface area contributed by atoms with E-state index in [0.29, 0.717) is 6.54 Å². The van der Waals surface area contributed by atoms with Crippen LogP contribution in [0, 0.1) is 0 Å². The van der Waals surface area contributed by atoms with E-state index < -0.39 is 17.7 Å². The number of aliphatic hydroxyl groups is 1. The topological polar surface area (TPSA) is 74.6 Å². The van der Waals surface area contributed by atoms with Gasteiger partial charge in [0.1, 0.15) is 5.54 Å². The molecule has 1 atom stereocenters. The van der Waals surface area contributed by atoms with Gasteiger partial charge in [0.05, 0.1) is 19.2 Å². The lowest BCUT2D eigenvalue weighted by atomic mass is 10.1. The Morgan fingerprint density at radius 2 is 1.50 bits per heavy atom. The van der Waals surface area contributed by atoms with Gasteiger partial charge in [-0.2, -0.15) is 0 Å². The highest BCUT2D eigenvalue weighted by molar-refractivity contribution is 6.08. The van der Waals surface area contributed by atoms with E-state index in [1.807, 2.05) is 41.0 Å². The molecule has 2 N–H and O–H groups in total. The highest BCUT2D eigenvalue weighted by Gasteiger charge is 2.44. The van der Waals surface area contributed by atoms with Crippen LogP contribution in [-0.2, 0) is 11.3 Å². The summed E-state index contributed by atoms with van der Waals surface area (Å²) >= 11 is 0. The molecule has 0 bridgehead atoms. The van der Waals surface area contributed by atoms with Crippen molar-refractivity contribution in [3.8, 4) is 0 Å². The van der Waals surface area contributed by atoms with Crippen molar-refractivity contribution in [2.45, 2.75) is 32.0 Å². The fourth-order valence-electron chi connectivity index (χ4n) is 3.66. The maximum absolute atomic E-state index is 12.3. The molecule has 0 spiro atoms. The van der Waals surface area contributed by atoms with E-state index >= 15 is 0 Å². The first-order chi connectivity index (χ1) is 12.4. The molecular weight excluding hydrogens is 330 g/mol. The van der Waals surface area contributed by atoms with Crippen LogP contribution in [0.1, 0.15) is 13.8 Å². The first kappa shape index (κ1) is 16.6. The third-order valence-electron chi connectivity index (χ3n) is 4.91. The average molecular weight is 351 g/mol. The van der Waals surface area contributed by atoms with Crippen LogP contribution in [0.4, 0.5) is 4.79 Å². The summed E-state index contributed by atoms with van der Waals surface area (Å²) in [4.78, 5) is 25.5. The van der Waals surface area contributed by atoms with Gasteiger partial charge in [0, 0.05) is 21.8 Å². The molecular formula is C20H21N3O3. The number of aromatic nitrogens is 1. The van der Waals surface area contributed by atoms with Crippen molar-refractivity contribution in [1.82, 2.24) is 14.8 Å². The third-order valence-corrected chi connectivity index (χ3v) is 4.91. The van der Waals surface area contributed by atoms with Crippen LogP contribution in [-0.4, -0.2) is 44.7 Å². The van der Waals surface area contributed by atoms with E-state index in [2.05, 4.69) is 17.4 Å². The predicted octanol–water partition coefficient (Wildman–Crippen LogP) is 2.49. The second-order valence-electron chi connectivity index (χ2n) is 7.27. The van der Waals surface area contributed by atoms with E-state index in [1.54, 1.807) is 13.8 Å². The van der Waals surface area contributed by atoms with E-state index in [4.69, 9.17) is 0 Å². The first-order valence-corrected chi connectivity index (χ1v) is 8.66. The van der Waals surface area contributed by atoms with Crippen molar-refractivity contribution >= 4 is 33.7 Å². The molecule has 1 saturated heterocycles. The van der Waals surface area contributed by atoms with E-state index in [-0.39, 0.29) is 12.5 Å². The van der Waals surface area contributed by atoms with Gasteiger partial charge < -0.3 is 15.0 Å². The van der Waals surface area contributed by atoms with Crippen LogP contribution < -0.4 is 5.32 Å². The summed E-state index contributed by atoms with van der Waals surface area (Å²) < 4.78 is 2.04. The Morgan fingerprint density at radius 1 is 0.962 bits per heavy atom. The molecule has 0 radical (unpaired) electrons. The summed E-state index contributed by atoms with van der Waals surface area (Å²) in [6.45, 7) is 3.58. The van der Waals surface area contributed by atoms with Gasteiger partial charge >= 0.3 is 6.03 Å². The Hall–Kier alpha value is -2.86. The summed E-state index contributed by atoms with van der Waals surface area (Å²) in [7, 11) is 0. The minimum Gasteiger partial charge on any atom is -0.389 e. The van der Waals surface area contributed by atoms with Crippen molar-refractivity contribution < 1.29 is 14.7 Å². The van der Waals surface area contributed by atoms with Gasteiger partial charge in [-0.25, -0.2) is 4.79 Å². The molecule has 0 aliphatic carbocycles. The fraction of sp³-hybridized carbons (Fsp3) is 0.300. The van der Waals surface area contributed by atoms with Crippen LogP contribution in [0.5, 0.6) is 0 Å². The lowest BCUT2D eigenvalue weighted by Crippen LogP contribution is -2.42. The second-order valence-corrected chi connectivity index (χ2v) is 7.27. The molecule has 3 aromatic rings. The first-order valence-electron chi connectivity index (χ1n) is 8.66. The lowest BCUT2D eigenvalue weighted by Gasteiger charge is -2.20. The number of aliphatic hydroxyl groups excluding tert-OH is 1. The summed E-state index contributed by atoms with van der Waals surface area (Å²) in [6, 6.07) is 15.6. The summed E-state index contributed by atoms with van der Waals surface area (Å²) in [5, 5.41) is 15.5.